The standard InChI is InChI=1S/C12H15F4NO/c1-8(2)6-17-7-9-3-4-10(5-11(9)13)18-12(14,15)16/h3-5,8,17H,6-7H2,1-2H3. The van der Waals surface area contributed by atoms with Gasteiger partial charge in [0.1, 0.15) is 11.6 Å². The molecule has 0 aliphatic rings. The molecular formula is C12H15F4NO. The van der Waals surface area contributed by atoms with Crippen LogP contribution in [0.5, 0.6) is 5.75 Å². The van der Waals surface area contributed by atoms with Crippen LogP contribution in [0.2, 0.25) is 0 Å². The lowest BCUT2D eigenvalue weighted by atomic mass is 10.2. The molecule has 0 spiro atoms. The Labute approximate surface area is 103 Å². The van der Waals surface area contributed by atoms with Crippen molar-refractivity contribution in [1.82, 2.24) is 5.32 Å². The van der Waals surface area contributed by atoms with Crippen molar-refractivity contribution in [2.75, 3.05) is 6.54 Å². The Morgan fingerprint density at radius 1 is 1.28 bits per heavy atom. The number of rotatable bonds is 5. The van der Waals surface area contributed by atoms with Gasteiger partial charge in [-0.25, -0.2) is 4.39 Å². The Morgan fingerprint density at radius 2 is 1.94 bits per heavy atom. The molecule has 0 saturated carbocycles. The van der Waals surface area contributed by atoms with Crippen LogP contribution in [0, 0.1) is 11.7 Å². The number of hydrogen-bond donors (Lipinski definition) is 1. The Hall–Kier alpha value is -1.30. The van der Waals surface area contributed by atoms with Crippen LogP contribution in [0.15, 0.2) is 18.2 Å². The van der Waals surface area contributed by atoms with Crippen molar-refractivity contribution in [3.8, 4) is 5.75 Å². The average Bonchev–Trinajstić information content (AvgIpc) is 2.18. The fourth-order valence-corrected chi connectivity index (χ4v) is 1.36. The van der Waals surface area contributed by atoms with Crippen molar-refractivity contribution in [3.63, 3.8) is 0 Å². The molecule has 102 valence electrons. The molecule has 2 nitrogen and oxygen atoms in total. The van der Waals surface area contributed by atoms with Crippen molar-refractivity contribution in [2.24, 2.45) is 5.92 Å². The predicted octanol–water partition coefficient (Wildman–Crippen LogP) is 3.47. The minimum atomic E-state index is -4.80. The first-order chi connectivity index (χ1) is 8.28. The van der Waals surface area contributed by atoms with Gasteiger partial charge in [0.25, 0.3) is 0 Å². The summed E-state index contributed by atoms with van der Waals surface area (Å²) in [5.74, 6) is -0.846. The van der Waals surface area contributed by atoms with Crippen LogP contribution in [0.4, 0.5) is 17.6 Å². The summed E-state index contributed by atoms with van der Waals surface area (Å²) in [5, 5.41) is 3.01. The number of ether oxygens (including phenoxy) is 1. The number of alkyl halides is 3. The number of benzene rings is 1. The van der Waals surface area contributed by atoms with Gasteiger partial charge in [0.05, 0.1) is 0 Å². The van der Waals surface area contributed by atoms with E-state index in [1.165, 1.54) is 6.07 Å². The first-order valence-corrected chi connectivity index (χ1v) is 5.53. The van der Waals surface area contributed by atoms with Gasteiger partial charge in [-0.1, -0.05) is 19.9 Å². The van der Waals surface area contributed by atoms with E-state index in [4.69, 9.17) is 0 Å². The fraction of sp³-hybridized carbons (Fsp3) is 0.500. The van der Waals surface area contributed by atoms with Crippen LogP contribution in [0.1, 0.15) is 19.4 Å². The maximum atomic E-state index is 13.5. The summed E-state index contributed by atoms with van der Waals surface area (Å²) in [6.07, 6.45) is -4.80. The Kier molecular flexibility index (Phi) is 4.95. The molecule has 0 amide bonds. The molecule has 0 bridgehead atoms. The summed E-state index contributed by atoms with van der Waals surface area (Å²) in [7, 11) is 0. The first-order valence-electron chi connectivity index (χ1n) is 5.53. The highest BCUT2D eigenvalue weighted by molar-refractivity contribution is 5.29. The van der Waals surface area contributed by atoms with Crippen LogP contribution in [0.25, 0.3) is 0 Å². The Morgan fingerprint density at radius 3 is 2.44 bits per heavy atom. The second kappa shape index (κ2) is 6.04. The highest BCUT2D eigenvalue weighted by Gasteiger charge is 2.31. The summed E-state index contributed by atoms with van der Waals surface area (Å²) in [6, 6.07) is 3.12. The molecule has 0 heterocycles. The van der Waals surface area contributed by atoms with E-state index >= 15 is 0 Å². The molecular weight excluding hydrogens is 250 g/mol. The first kappa shape index (κ1) is 14.8. The minimum absolute atomic E-state index is 0.274. The van der Waals surface area contributed by atoms with Crippen molar-refractivity contribution in [2.45, 2.75) is 26.8 Å². The summed E-state index contributed by atoms with van der Waals surface area (Å²) in [4.78, 5) is 0. The summed E-state index contributed by atoms with van der Waals surface area (Å²) in [6.45, 7) is 4.99. The Bertz CT molecular complexity index is 390. The van der Waals surface area contributed by atoms with Gasteiger partial charge < -0.3 is 10.1 Å². The highest BCUT2D eigenvalue weighted by atomic mass is 19.4. The van der Waals surface area contributed by atoms with E-state index < -0.39 is 17.9 Å². The normalized spacial score (nSPS) is 11.9. The van der Waals surface area contributed by atoms with Crippen LogP contribution in [-0.4, -0.2) is 12.9 Å². The van der Waals surface area contributed by atoms with Gasteiger partial charge in [-0.2, -0.15) is 0 Å². The maximum absolute atomic E-state index is 13.5. The zero-order chi connectivity index (χ0) is 13.8. The molecule has 1 N–H and O–H groups in total. The largest absolute Gasteiger partial charge is 0.573 e. The molecule has 0 atom stereocenters. The third-order valence-electron chi connectivity index (χ3n) is 2.13. The maximum Gasteiger partial charge on any atom is 0.573 e. The highest BCUT2D eigenvalue weighted by Crippen LogP contribution is 2.24. The third-order valence-corrected chi connectivity index (χ3v) is 2.13. The molecule has 0 aliphatic heterocycles. The van der Waals surface area contributed by atoms with Crippen molar-refractivity contribution < 1.29 is 22.3 Å². The molecule has 18 heavy (non-hydrogen) atoms. The SMILES string of the molecule is CC(C)CNCc1ccc(OC(F)(F)F)cc1F. The van der Waals surface area contributed by atoms with Crippen molar-refractivity contribution in [1.29, 1.82) is 0 Å². The van der Waals surface area contributed by atoms with E-state index in [2.05, 4.69) is 10.1 Å². The van der Waals surface area contributed by atoms with E-state index in [0.29, 0.717) is 18.0 Å². The lowest BCUT2D eigenvalue weighted by Crippen LogP contribution is -2.20. The molecule has 0 radical (unpaired) electrons. The van der Waals surface area contributed by atoms with Crippen molar-refractivity contribution in [3.05, 3.63) is 29.6 Å². The van der Waals surface area contributed by atoms with Crippen LogP contribution < -0.4 is 10.1 Å². The lowest BCUT2D eigenvalue weighted by Gasteiger charge is -2.11. The quantitative estimate of drug-likeness (QED) is 0.823. The van der Waals surface area contributed by atoms with Gasteiger partial charge in [0.15, 0.2) is 0 Å². The molecule has 1 rings (SSSR count). The lowest BCUT2D eigenvalue weighted by molar-refractivity contribution is -0.274. The average molecular weight is 265 g/mol. The van der Waals surface area contributed by atoms with Gasteiger partial charge in [-0.05, 0) is 18.5 Å². The molecule has 0 aliphatic carbocycles. The van der Waals surface area contributed by atoms with Crippen LogP contribution in [0.3, 0.4) is 0 Å². The van der Waals surface area contributed by atoms with Gasteiger partial charge in [0, 0.05) is 18.2 Å². The fourth-order valence-electron chi connectivity index (χ4n) is 1.36. The summed E-state index contributed by atoms with van der Waals surface area (Å²) >= 11 is 0. The molecule has 1 aromatic carbocycles. The third kappa shape index (κ3) is 5.35. The van der Waals surface area contributed by atoms with Gasteiger partial charge in [0.2, 0.25) is 0 Å². The number of halogens is 4. The topological polar surface area (TPSA) is 21.3 Å². The van der Waals surface area contributed by atoms with Gasteiger partial charge in [-0.15, -0.1) is 13.2 Å². The van der Waals surface area contributed by atoms with Crippen molar-refractivity contribution >= 4 is 0 Å². The van der Waals surface area contributed by atoms with Crippen LogP contribution >= 0.6 is 0 Å². The van der Waals surface area contributed by atoms with E-state index in [1.807, 2.05) is 13.8 Å². The monoisotopic (exact) mass is 265 g/mol. The molecule has 0 fully saturated rings. The second-order valence-corrected chi connectivity index (χ2v) is 4.33. The summed E-state index contributed by atoms with van der Waals surface area (Å²) in [5.41, 5.74) is 0.310. The van der Waals surface area contributed by atoms with Gasteiger partial charge in [-0.3, -0.25) is 0 Å². The zero-order valence-corrected chi connectivity index (χ0v) is 10.1. The smallest absolute Gasteiger partial charge is 0.406 e. The number of hydrogen-bond acceptors (Lipinski definition) is 2. The molecule has 0 saturated heterocycles. The van der Waals surface area contributed by atoms with E-state index in [-0.39, 0.29) is 6.54 Å². The molecule has 1 aromatic rings. The molecule has 6 heteroatoms. The van der Waals surface area contributed by atoms with E-state index in [0.717, 1.165) is 12.1 Å². The van der Waals surface area contributed by atoms with Gasteiger partial charge >= 0.3 is 6.36 Å². The van der Waals surface area contributed by atoms with E-state index in [9.17, 15) is 17.6 Å². The molecule has 0 unspecified atom stereocenters. The minimum Gasteiger partial charge on any atom is -0.406 e. The summed E-state index contributed by atoms with van der Waals surface area (Å²) < 4.78 is 52.8. The van der Waals surface area contributed by atoms with E-state index in [1.54, 1.807) is 0 Å². The zero-order valence-electron chi connectivity index (χ0n) is 10.1. The Balaban J connectivity index is 2.62. The second-order valence-electron chi connectivity index (χ2n) is 4.33. The predicted molar refractivity (Wildman–Crippen MR) is 59.6 cm³/mol. The molecule has 0 aromatic heterocycles. The van der Waals surface area contributed by atoms with Crippen LogP contribution in [-0.2, 0) is 6.54 Å². The number of nitrogens with one attached hydrogen (secondary N) is 1.